The Morgan fingerprint density at radius 3 is 2.12 bits per heavy atom. The van der Waals surface area contributed by atoms with Crippen molar-refractivity contribution in [3.8, 4) is 0 Å². The van der Waals surface area contributed by atoms with Crippen LogP contribution in [0.3, 0.4) is 0 Å². The van der Waals surface area contributed by atoms with E-state index in [-0.39, 0.29) is 16.9 Å². The first kappa shape index (κ1) is 19.7. The van der Waals surface area contributed by atoms with Crippen molar-refractivity contribution < 1.29 is 19.1 Å². The number of amides is 1. The normalized spacial score (nSPS) is 10.9. The van der Waals surface area contributed by atoms with Gasteiger partial charge in [0.05, 0.1) is 5.56 Å². The molecule has 2 rings (SSSR count). The molecule has 1 amide bonds. The summed E-state index contributed by atoms with van der Waals surface area (Å²) < 4.78 is 5.06. The summed E-state index contributed by atoms with van der Waals surface area (Å²) in [5.74, 6) is -1.47. The number of ether oxygens (including phenoxy) is 1. The SMILES string of the molecule is CC(C)(C)NC(=O)COC(=O)c1ccccc1C(=O)c1ccc(Cl)cc1. The van der Waals surface area contributed by atoms with Crippen molar-refractivity contribution in [1.82, 2.24) is 5.32 Å². The number of carbonyl (C=O) groups excluding carboxylic acids is 3. The Morgan fingerprint density at radius 1 is 0.962 bits per heavy atom. The predicted molar refractivity (Wildman–Crippen MR) is 99.5 cm³/mol. The monoisotopic (exact) mass is 373 g/mol. The molecule has 0 saturated heterocycles. The topological polar surface area (TPSA) is 72.5 Å². The summed E-state index contributed by atoms with van der Waals surface area (Å²) in [6.07, 6.45) is 0. The molecule has 136 valence electrons. The molecule has 0 aromatic heterocycles. The lowest BCUT2D eigenvalue weighted by molar-refractivity contribution is -0.125. The highest BCUT2D eigenvalue weighted by Crippen LogP contribution is 2.18. The number of nitrogens with one attached hydrogen (secondary N) is 1. The van der Waals surface area contributed by atoms with Crippen LogP contribution in [0.5, 0.6) is 0 Å². The van der Waals surface area contributed by atoms with Crippen LogP contribution in [0.25, 0.3) is 0 Å². The predicted octanol–water partition coefficient (Wildman–Crippen LogP) is 3.64. The average Bonchev–Trinajstić information content (AvgIpc) is 2.58. The second kappa shape index (κ2) is 8.15. The van der Waals surface area contributed by atoms with E-state index >= 15 is 0 Å². The minimum atomic E-state index is -0.730. The average molecular weight is 374 g/mol. The van der Waals surface area contributed by atoms with Gasteiger partial charge in [-0.15, -0.1) is 0 Å². The number of hydrogen-bond acceptors (Lipinski definition) is 4. The van der Waals surface area contributed by atoms with E-state index in [2.05, 4.69) is 5.32 Å². The Hall–Kier alpha value is -2.66. The van der Waals surface area contributed by atoms with Gasteiger partial charge < -0.3 is 10.1 Å². The zero-order valence-corrected chi connectivity index (χ0v) is 15.6. The fourth-order valence-electron chi connectivity index (χ4n) is 2.28. The molecule has 0 aliphatic carbocycles. The van der Waals surface area contributed by atoms with E-state index in [1.807, 2.05) is 20.8 Å². The van der Waals surface area contributed by atoms with Crippen LogP contribution in [-0.4, -0.2) is 29.8 Å². The maximum atomic E-state index is 12.7. The van der Waals surface area contributed by atoms with Gasteiger partial charge in [-0.25, -0.2) is 4.79 Å². The van der Waals surface area contributed by atoms with Crippen molar-refractivity contribution in [1.29, 1.82) is 0 Å². The van der Waals surface area contributed by atoms with E-state index in [1.165, 1.54) is 6.07 Å². The summed E-state index contributed by atoms with van der Waals surface area (Å²) in [4.78, 5) is 36.8. The highest BCUT2D eigenvalue weighted by atomic mass is 35.5. The van der Waals surface area contributed by atoms with Crippen molar-refractivity contribution in [3.63, 3.8) is 0 Å². The van der Waals surface area contributed by atoms with Crippen molar-refractivity contribution in [3.05, 3.63) is 70.2 Å². The van der Waals surface area contributed by atoms with Crippen LogP contribution in [0.15, 0.2) is 48.5 Å². The molecule has 0 aliphatic rings. The van der Waals surface area contributed by atoms with Gasteiger partial charge in [0, 0.05) is 21.7 Å². The number of carbonyl (C=O) groups is 3. The van der Waals surface area contributed by atoms with Crippen LogP contribution in [-0.2, 0) is 9.53 Å². The molecule has 1 N–H and O–H groups in total. The molecule has 2 aromatic carbocycles. The van der Waals surface area contributed by atoms with Gasteiger partial charge >= 0.3 is 5.97 Å². The van der Waals surface area contributed by atoms with Gasteiger partial charge in [-0.2, -0.15) is 0 Å². The first-order valence-electron chi connectivity index (χ1n) is 8.05. The lowest BCUT2D eigenvalue weighted by Crippen LogP contribution is -2.42. The summed E-state index contributed by atoms with van der Waals surface area (Å²) in [6.45, 7) is 5.06. The Balaban J connectivity index is 2.15. The van der Waals surface area contributed by atoms with Gasteiger partial charge in [0.25, 0.3) is 5.91 Å². The number of benzene rings is 2. The molecular formula is C20H20ClNO4. The van der Waals surface area contributed by atoms with Crippen molar-refractivity contribution in [2.75, 3.05) is 6.61 Å². The number of halogens is 1. The Bertz CT molecular complexity index is 822. The molecule has 0 aliphatic heterocycles. The van der Waals surface area contributed by atoms with E-state index in [0.717, 1.165) is 0 Å². The molecule has 0 bridgehead atoms. The molecule has 0 fully saturated rings. The highest BCUT2D eigenvalue weighted by Gasteiger charge is 2.21. The van der Waals surface area contributed by atoms with E-state index < -0.39 is 24.0 Å². The second-order valence-electron chi connectivity index (χ2n) is 6.76. The maximum absolute atomic E-state index is 12.7. The van der Waals surface area contributed by atoms with Crippen LogP contribution >= 0.6 is 11.6 Å². The van der Waals surface area contributed by atoms with Crippen LogP contribution in [0, 0.1) is 0 Å². The van der Waals surface area contributed by atoms with E-state index in [1.54, 1.807) is 42.5 Å². The zero-order chi connectivity index (χ0) is 19.3. The van der Waals surface area contributed by atoms with Crippen molar-refractivity contribution in [2.45, 2.75) is 26.3 Å². The summed E-state index contributed by atoms with van der Waals surface area (Å²) in [5, 5.41) is 3.21. The van der Waals surface area contributed by atoms with Crippen LogP contribution in [0.1, 0.15) is 47.1 Å². The molecule has 0 atom stereocenters. The van der Waals surface area contributed by atoms with Gasteiger partial charge in [-0.1, -0.05) is 29.8 Å². The minimum Gasteiger partial charge on any atom is -0.452 e. The fourth-order valence-corrected chi connectivity index (χ4v) is 2.41. The van der Waals surface area contributed by atoms with Crippen LogP contribution < -0.4 is 5.32 Å². The third-order valence-electron chi connectivity index (χ3n) is 3.35. The molecular weight excluding hydrogens is 354 g/mol. The first-order valence-corrected chi connectivity index (χ1v) is 8.42. The fraction of sp³-hybridized carbons (Fsp3) is 0.250. The molecule has 26 heavy (non-hydrogen) atoms. The highest BCUT2D eigenvalue weighted by molar-refractivity contribution is 6.30. The van der Waals surface area contributed by atoms with E-state index in [0.29, 0.717) is 10.6 Å². The Labute approximate surface area is 157 Å². The quantitative estimate of drug-likeness (QED) is 0.641. The largest absolute Gasteiger partial charge is 0.452 e. The molecule has 0 radical (unpaired) electrons. The van der Waals surface area contributed by atoms with Crippen molar-refractivity contribution in [2.24, 2.45) is 0 Å². The summed E-state index contributed by atoms with van der Waals surface area (Å²) >= 11 is 5.84. The third-order valence-corrected chi connectivity index (χ3v) is 3.60. The van der Waals surface area contributed by atoms with Gasteiger partial charge in [0.2, 0.25) is 0 Å². The van der Waals surface area contributed by atoms with E-state index in [9.17, 15) is 14.4 Å². The van der Waals surface area contributed by atoms with Crippen LogP contribution in [0.2, 0.25) is 5.02 Å². The maximum Gasteiger partial charge on any atom is 0.339 e. The van der Waals surface area contributed by atoms with Gasteiger partial charge in [-0.3, -0.25) is 9.59 Å². The zero-order valence-electron chi connectivity index (χ0n) is 14.8. The van der Waals surface area contributed by atoms with Gasteiger partial charge in [0.15, 0.2) is 12.4 Å². The lowest BCUT2D eigenvalue weighted by atomic mass is 9.98. The molecule has 0 heterocycles. The summed E-state index contributed by atoms with van der Waals surface area (Å²) in [5.41, 5.74) is 0.290. The van der Waals surface area contributed by atoms with Crippen LogP contribution in [0.4, 0.5) is 0 Å². The number of esters is 1. The lowest BCUT2D eigenvalue weighted by Gasteiger charge is -2.20. The van der Waals surface area contributed by atoms with Gasteiger partial charge in [0.1, 0.15) is 0 Å². The Morgan fingerprint density at radius 2 is 1.54 bits per heavy atom. The first-order chi connectivity index (χ1) is 12.2. The minimum absolute atomic E-state index is 0.107. The third kappa shape index (κ3) is 5.43. The number of rotatable bonds is 5. The Kier molecular flexibility index (Phi) is 6.16. The smallest absolute Gasteiger partial charge is 0.339 e. The summed E-state index contributed by atoms with van der Waals surface area (Å²) in [6, 6.07) is 12.7. The molecule has 0 saturated carbocycles. The second-order valence-corrected chi connectivity index (χ2v) is 7.19. The van der Waals surface area contributed by atoms with E-state index in [4.69, 9.17) is 16.3 Å². The molecule has 0 unspecified atom stereocenters. The van der Waals surface area contributed by atoms with Gasteiger partial charge in [-0.05, 0) is 51.1 Å². The number of ketones is 1. The standard InChI is InChI=1S/C20H20ClNO4/c1-20(2,3)22-17(23)12-26-19(25)16-7-5-4-6-15(16)18(24)13-8-10-14(21)11-9-13/h4-11H,12H2,1-3H3,(H,22,23). The molecule has 0 spiro atoms. The molecule has 6 heteroatoms. The summed E-state index contributed by atoms with van der Waals surface area (Å²) in [7, 11) is 0. The molecule has 5 nitrogen and oxygen atoms in total. The molecule has 2 aromatic rings. The van der Waals surface area contributed by atoms with Crippen molar-refractivity contribution >= 4 is 29.3 Å². The number of hydrogen-bond donors (Lipinski definition) is 1.